The Balaban J connectivity index is 0.000000181. The highest BCUT2D eigenvalue weighted by Gasteiger charge is 2.34. The fourth-order valence-electron chi connectivity index (χ4n) is 4.81. The lowest BCUT2D eigenvalue weighted by Gasteiger charge is -2.27. The van der Waals surface area contributed by atoms with Crippen molar-refractivity contribution < 1.29 is 47.2 Å². The second kappa shape index (κ2) is 15.4. The molecule has 0 aromatic carbocycles. The van der Waals surface area contributed by atoms with Crippen LogP contribution >= 0.6 is 0 Å². The van der Waals surface area contributed by atoms with Crippen LogP contribution in [0, 0.1) is 20.2 Å². The van der Waals surface area contributed by atoms with Gasteiger partial charge in [-0.05, 0) is 12.1 Å². The fraction of sp³-hybridized carbons (Fsp3) is 0.538. The molecule has 4 aliphatic heterocycles. The highest BCUT2D eigenvalue weighted by atomic mass is 16.7. The van der Waals surface area contributed by atoms with E-state index in [9.17, 15) is 29.8 Å². The summed E-state index contributed by atoms with van der Waals surface area (Å²) in [5.74, 6) is -0.358. The Bertz CT molecular complexity index is 1320. The van der Waals surface area contributed by atoms with Crippen molar-refractivity contribution in [3.05, 3.63) is 56.0 Å². The summed E-state index contributed by atoms with van der Waals surface area (Å²) in [5, 5.41) is 31.3. The highest BCUT2D eigenvalue weighted by molar-refractivity contribution is 5.79. The van der Waals surface area contributed by atoms with Gasteiger partial charge in [0.05, 0.1) is 64.1 Å². The molecule has 2 amide bonds. The van der Waals surface area contributed by atoms with E-state index in [2.05, 4.69) is 20.0 Å². The summed E-state index contributed by atoms with van der Waals surface area (Å²) in [6.07, 6.45) is 0.907. The SMILES string of the molecule is O=C1OC(CN2CCOCC2)CN1N=Cc1ccc([N+](=O)[O-])o1.O=C1OC(CN2CCOCC2)CN1N=Cc1ccc([N+](=O)[O-])o1. The molecule has 248 valence electrons. The summed E-state index contributed by atoms with van der Waals surface area (Å²) in [7, 11) is 0. The number of carbonyl (C=O) groups is 2. The van der Waals surface area contributed by atoms with E-state index < -0.39 is 22.0 Å². The van der Waals surface area contributed by atoms with E-state index in [1.165, 1.54) is 46.7 Å². The summed E-state index contributed by atoms with van der Waals surface area (Å²) in [6.45, 7) is 7.90. The number of hydrogen-bond acceptors (Lipinski definition) is 16. The summed E-state index contributed by atoms with van der Waals surface area (Å²) in [5.41, 5.74) is 0. The highest BCUT2D eigenvalue weighted by Crippen LogP contribution is 2.18. The number of carbonyl (C=O) groups excluding carboxylic acids is 2. The van der Waals surface area contributed by atoms with Gasteiger partial charge in [-0.15, -0.1) is 0 Å². The minimum Gasteiger partial charge on any atom is -0.441 e. The number of morpholine rings is 2. The van der Waals surface area contributed by atoms with Crippen molar-refractivity contribution in [1.82, 2.24) is 19.8 Å². The standard InChI is InChI=1S/2C13H16N4O6/c2*18-13-16(14-7-10-1-2-12(22-10)17(19)20)9-11(23-13)8-15-3-5-21-6-4-15/h2*1-2,7,11H,3-6,8-9H2. The molecule has 0 aliphatic carbocycles. The fourth-order valence-corrected chi connectivity index (χ4v) is 4.81. The molecule has 20 heteroatoms. The first-order valence-corrected chi connectivity index (χ1v) is 14.4. The lowest BCUT2D eigenvalue weighted by molar-refractivity contribution is -0.402. The summed E-state index contributed by atoms with van der Waals surface area (Å²) >= 11 is 0. The number of cyclic esters (lactones) is 2. The van der Waals surface area contributed by atoms with Crippen molar-refractivity contribution in [3.63, 3.8) is 0 Å². The topological polar surface area (TPSA) is 221 Å². The van der Waals surface area contributed by atoms with Crippen LogP contribution in [0.15, 0.2) is 43.3 Å². The molecule has 4 saturated heterocycles. The Morgan fingerprint density at radius 2 is 1.09 bits per heavy atom. The quantitative estimate of drug-likeness (QED) is 0.202. The van der Waals surface area contributed by atoms with E-state index in [0.717, 1.165) is 26.2 Å². The molecular formula is C26H32N8O12. The summed E-state index contributed by atoms with van der Waals surface area (Å²) in [6, 6.07) is 5.28. The Morgan fingerprint density at radius 3 is 1.43 bits per heavy atom. The molecule has 6 rings (SSSR count). The summed E-state index contributed by atoms with van der Waals surface area (Å²) in [4.78, 5) is 47.7. The normalized spacial score (nSPS) is 22.7. The molecule has 46 heavy (non-hydrogen) atoms. The smallest absolute Gasteiger partial charge is 0.433 e. The lowest BCUT2D eigenvalue weighted by atomic mass is 10.3. The van der Waals surface area contributed by atoms with Crippen LogP contribution in [-0.2, 0) is 18.9 Å². The zero-order chi connectivity index (χ0) is 32.5. The van der Waals surface area contributed by atoms with Gasteiger partial charge in [-0.1, -0.05) is 0 Å². The monoisotopic (exact) mass is 648 g/mol. The van der Waals surface area contributed by atoms with E-state index in [0.29, 0.717) is 52.6 Å². The predicted octanol–water partition coefficient (Wildman–Crippen LogP) is 1.35. The Labute approximate surface area is 260 Å². The number of amides is 2. The first-order valence-electron chi connectivity index (χ1n) is 14.4. The molecule has 0 saturated carbocycles. The number of ether oxygens (including phenoxy) is 4. The number of furan rings is 2. The molecule has 20 nitrogen and oxygen atoms in total. The van der Waals surface area contributed by atoms with Gasteiger partial charge in [0.1, 0.15) is 22.1 Å². The van der Waals surface area contributed by atoms with E-state index in [-0.39, 0.29) is 35.5 Å². The minimum atomic E-state index is -0.639. The van der Waals surface area contributed by atoms with Gasteiger partial charge in [-0.2, -0.15) is 20.2 Å². The largest absolute Gasteiger partial charge is 0.441 e. The van der Waals surface area contributed by atoms with E-state index in [1.54, 1.807) is 0 Å². The van der Waals surface area contributed by atoms with Gasteiger partial charge in [-0.25, -0.2) is 9.59 Å². The van der Waals surface area contributed by atoms with E-state index in [1.807, 2.05) is 0 Å². The van der Waals surface area contributed by atoms with Crippen molar-refractivity contribution in [2.45, 2.75) is 12.2 Å². The molecule has 2 aromatic heterocycles. The van der Waals surface area contributed by atoms with Crippen LogP contribution in [0.2, 0.25) is 0 Å². The predicted molar refractivity (Wildman–Crippen MR) is 154 cm³/mol. The number of hydrazone groups is 2. The number of nitro groups is 2. The van der Waals surface area contributed by atoms with E-state index in [4.69, 9.17) is 27.8 Å². The Kier molecular flexibility index (Phi) is 10.9. The molecule has 2 atom stereocenters. The molecular weight excluding hydrogens is 616 g/mol. The maximum absolute atomic E-state index is 11.8. The Hall–Kier alpha value is -4.92. The van der Waals surface area contributed by atoms with Crippen LogP contribution in [-0.4, -0.2) is 145 Å². The molecule has 0 spiro atoms. The maximum Gasteiger partial charge on any atom is 0.433 e. The second-order valence-electron chi connectivity index (χ2n) is 10.4. The third-order valence-electron chi connectivity index (χ3n) is 7.07. The van der Waals surface area contributed by atoms with Crippen LogP contribution in [0.5, 0.6) is 0 Å². The van der Waals surface area contributed by atoms with Gasteiger partial charge in [0.15, 0.2) is 11.5 Å². The number of hydrogen-bond donors (Lipinski definition) is 0. The van der Waals surface area contributed by atoms with Crippen molar-refractivity contribution in [3.8, 4) is 0 Å². The first kappa shape index (κ1) is 32.5. The van der Waals surface area contributed by atoms with Gasteiger partial charge >= 0.3 is 24.0 Å². The molecule has 2 unspecified atom stereocenters. The van der Waals surface area contributed by atoms with Crippen LogP contribution in [0.3, 0.4) is 0 Å². The molecule has 0 N–H and O–H groups in total. The average Bonchev–Trinajstić information content (AvgIpc) is 3.84. The van der Waals surface area contributed by atoms with Crippen molar-refractivity contribution in [2.24, 2.45) is 10.2 Å². The van der Waals surface area contributed by atoms with Gasteiger partial charge in [0.2, 0.25) is 0 Å². The van der Waals surface area contributed by atoms with Crippen molar-refractivity contribution >= 4 is 36.4 Å². The number of nitrogens with zero attached hydrogens (tertiary/aromatic N) is 8. The molecule has 2 aromatic rings. The zero-order valence-corrected chi connectivity index (χ0v) is 24.6. The number of rotatable bonds is 10. The average molecular weight is 649 g/mol. The van der Waals surface area contributed by atoms with E-state index >= 15 is 0 Å². The third-order valence-corrected chi connectivity index (χ3v) is 7.07. The first-order chi connectivity index (χ1) is 22.2. The minimum absolute atomic E-state index is 0.195. The van der Waals surface area contributed by atoms with Gasteiger partial charge in [0, 0.05) is 39.3 Å². The van der Waals surface area contributed by atoms with Gasteiger partial charge in [-0.3, -0.25) is 30.0 Å². The summed E-state index contributed by atoms with van der Waals surface area (Å²) < 4.78 is 30.9. The second-order valence-corrected chi connectivity index (χ2v) is 10.4. The van der Waals surface area contributed by atoms with Crippen LogP contribution in [0.25, 0.3) is 0 Å². The third kappa shape index (κ3) is 9.06. The molecule has 4 aliphatic rings. The molecule has 0 radical (unpaired) electrons. The van der Waals surface area contributed by atoms with Crippen molar-refractivity contribution in [1.29, 1.82) is 0 Å². The van der Waals surface area contributed by atoms with Gasteiger partial charge in [0.25, 0.3) is 0 Å². The van der Waals surface area contributed by atoms with Crippen molar-refractivity contribution in [2.75, 3.05) is 78.8 Å². The zero-order valence-electron chi connectivity index (χ0n) is 24.6. The van der Waals surface area contributed by atoms with Crippen LogP contribution < -0.4 is 0 Å². The van der Waals surface area contributed by atoms with Crippen LogP contribution in [0.1, 0.15) is 11.5 Å². The molecule has 0 bridgehead atoms. The lowest BCUT2D eigenvalue weighted by Crippen LogP contribution is -2.41. The van der Waals surface area contributed by atoms with Gasteiger partial charge < -0.3 is 27.8 Å². The van der Waals surface area contributed by atoms with Crippen LogP contribution in [0.4, 0.5) is 21.4 Å². The Morgan fingerprint density at radius 1 is 0.696 bits per heavy atom. The molecule has 6 heterocycles. The molecule has 4 fully saturated rings. The maximum atomic E-state index is 11.8.